The molecule has 1 aromatic carbocycles. The standard InChI is InChI=1S/C17H27NO2/c1-4-19-17(20-5-2)12-18-16-10-15(11-16)14-8-6-13(3)7-9-14/h6-9,15-18H,4-5,10-12H2,1-3H3. The Labute approximate surface area is 122 Å². The van der Waals surface area contributed by atoms with E-state index >= 15 is 0 Å². The van der Waals surface area contributed by atoms with Gasteiger partial charge in [0, 0.05) is 25.8 Å². The minimum absolute atomic E-state index is 0.108. The van der Waals surface area contributed by atoms with Gasteiger partial charge in [-0.25, -0.2) is 0 Å². The van der Waals surface area contributed by atoms with Crippen LogP contribution < -0.4 is 5.32 Å². The summed E-state index contributed by atoms with van der Waals surface area (Å²) in [5.74, 6) is 0.714. The van der Waals surface area contributed by atoms with Crippen molar-refractivity contribution in [3.05, 3.63) is 35.4 Å². The molecule has 3 nitrogen and oxygen atoms in total. The molecule has 0 unspecified atom stereocenters. The minimum Gasteiger partial charge on any atom is -0.352 e. The highest BCUT2D eigenvalue weighted by atomic mass is 16.7. The fraction of sp³-hybridized carbons (Fsp3) is 0.647. The van der Waals surface area contributed by atoms with E-state index in [2.05, 4.69) is 36.5 Å². The van der Waals surface area contributed by atoms with E-state index in [1.807, 2.05) is 13.8 Å². The van der Waals surface area contributed by atoms with Crippen LogP contribution in [0.1, 0.15) is 43.7 Å². The molecular weight excluding hydrogens is 250 g/mol. The molecule has 0 aromatic heterocycles. The molecule has 0 bridgehead atoms. The SMILES string of the molecule is CCOC(CNC1CC(c2ccc(C)cc2)C1)OCC. The third-order valence-corrected chi connectivity index (χ3v) is 3.97. The second-order valence-electron chi connectivity index (χ2n) is 5.52. The van der Waals surface area contributed by atoms with Gasteiger partial charge in [0.25, 0.3) is 0 Å². The Balaban J connectivity index is 1.69. The summed E-state index contributed by atoms with van der Waals surface area (Å²) in [6.07, 6.45) is 2.32. The van der Waals surface area contributed by atoms with Crippen molar-refractivity contribution in [2.45, 2.75) is 51.9 Å². The van der Waals surface area contributed by atoms with E-state index in [0.717, 1.165) is 6.54 Å². The molecule has 0 heterocycles. The number of hydrogen-bond donors (Lipinski definition) is 1. The quantitative estimate of drug-likeness (QED) is 0.740. The van der Waals surface area contributed by atoms with E-state index in [4.69, 9.17) is 9.47 Å². The number of rotatable bonds is 8. The summed E-state index contributed by atoms with van der Waals surface area (Å²) < 4.78 is 11.1. The van der Waals surface area contributed by atoms with Crippen LogP contribution >= 0.6 is 0 Å². The summed E-state index contributed by atoms with van der Waals surface area (Å²) in [7, 11) is 0. The lowest BCUT2D eigenvalue weighted by Gasteiger charge is -2.37. The maximum atomic E-state index is 5.54. The summed E-state index contributed by atoms with van der Waals surface area (Å²) in [4.78, 5) is 0. The van der Waals surface area contributed by atoms with Crippen LogP contribution in [-0.2, 0) is 9.47 Å². The van der Waals surface area contributed by atoms with Gasteiger partial charge in [0.05, 0.1) is 0 Å². The number of hydrogen-bond acceptors (Lipinski definition) is 3. The highest BCUT2D eigenvalue weighted by Gasteiger charge is 2.30. The molecule has 1 saturated carbocycles. The Kier molecular flexibility index (Phi) is 6.02. The summed E-state index contributed by atoms with van der Waals surface area (Å²) in [5, 5.41) is 3.55. The molecular formula is C17H27NO2. The summed E-state index contributed by atoms with van der Waals surface area (Å²) in [6, 6.07) is 9.54. The first kappa shape index (κ1) is 15.5. The van der Waals surface area contributed by atoms with E-state index < -0.39 is 0 Å². The molecule has 0 aliphatic heterocycles. The Morgan fingerprint density at radius 1 is 1.10 bits per heavy atom. The van der Waals surface area contributed by atoms with Gasteiger partial charge in [-0.05, 0) is 45.1 Å². The van der Waals surface area contributed by atoms with Gasteiger partial charge in [0.2, 0.25) is 0 Å². The van der Waals surface area contributed by atoms with Crippen LogP contribution in [0.4, 0.5) is 0 Å². The molecule has 1 N–H and O–H groups in total. The van der Waals surface area contributed by atoms with Gasteiger partial charge in [0.15, 0.2) is 6.29 Å². The summed E-state index contributed by atoms with van der Waals surface area (Å²) in [5.41, 5.74) is 2.80. The van der Waals surface area contributed by atoms with Crippen LogP contribution in [-0.4, -0.2) is 32.1 Å². The highest BCUT2D eigenvalue weighted by Crippen LogP contribution is 2.36. The van der Waals surface area contributed by atoms with E-state index in [-0.39, 0.29) is 6.29 Å². The van der Waals surface area contributed by atoms with Crippen molar-refractivity contribution in [2.24, 2.45) is 0 Å². The van der Waals surface area contributed by atoms with E-state index in [1.54, 1.807) is 0 Å². The van der Waals surface area contributed by atoms with Gasteiger partial charge < -0.3 is 14.8 Å². The molecule has 0 atom stereocenters. The number of aryl methyl sites for hydroxylation is 1. The maximum absolute atomic E-state index is 5.54. The zero-order valence-electron chi connectivity index (χ0n) is 12.9. The molecule has 0 spiro atoms. The fourth-order valence-corrected chi connectivity index (χ4v) is 2.70. The van der Waals surface area contributed by atoms with Crippen LogP contribution in [0, 0.1) is 6.92 Å². The predicted molar refractivity (Wildman–Crippen MR) is 82.0 cm³/mol. The lowest BCUT2D eigenvalue weighted by Crippen LogP contribution is -2.44. The van der Waals surface area contributed by atoms with Crippen LogP contribution in [0.3, 0.4) is 0 Å². The van der Waals surface area contributed by atoms with Gasteiger partial charge in [0.1, 0.15) is 0 Å². The van der Waals surface area contributed by atoms with Crippen LogP contribution in [0.2, 0.25) is 0 Å². The van der Waals surface area contributed by atoms with Crippen LogP contribution in [0.15, 0.2) is 24.3 Å². The lowest BCUT2D eigenvalue weighted by atomic mass is 9.76. The molecule has 1 aliphatic carbocycles. The molecule has 1 aliphatic rings. The number of ether oxygens (including phenoxy) is 2. The minimum atomic E-state index is -0.108. The Bertz CT molecular complexity index is 378. The molecule has 0 radical (unpaired) electrons. The van der Waals surface area contributed by atoms with Crippen molar-refractivity contribution < 1.29 is 9.47 Å². The van der Waals surface area contributed by atoms with Gasteiger partial charge >= 0.3 is 0 Å². The monoisotopic (exact) mass is 277 g/mol. The third kappa shape index (κ3) is 4.30. The smallest absolute Gasteiger partial charge is 0.169 e. The first-order valence-corrected chi connectivity index (χ1v) is 7.76. The van der Waals surface area contributed by atoms with E-state index in [9.17, 15) is 0 Å². The zero-order chi connectivity index (χ0) is 14.4. The predicted octanol–water partition coefficient (Wildman–Crippen LogP) is 3.23. The van der Waals surface area contributed by atoms with Gasteiger partial charge in [-0.3, -0.25) is 0 Å². The summed E-state index contributed by atoms with van der Waals surface area (Å²) >= 11 is 0. The average molecular weight is 277 g/mol. The Hall–Kier alpha value is -0.900. The summed E-state index contributed by atoms with van der Waals surface area (Å²) in [6.45, 7) is 8.32. The van der Waals surface area contributed by atoms with Gasteiger partial charge in [-0.15, -0.1) is 0 Å². The lowest BCUT2D eigenvalue weighted by molar-refractivity contribution is -0.134. The second-order valence-corrected chi connectivity index (χ2v) is 5.52. The molecule has 20 heavy (non-hydrogen) atoms. The molecule has 1 aromatic rings. The van der Waals surface area contributed by atoms with E-state index in [1.165, 1.54) is 24.0 Å². The number of benzene rings is 1. The van der Waals surface area contributed by atoms with Crippen molar-refractivity contribution in [1.29, 1.82) is 0 Å². The normalized spacial score (nSPS) is 22.0. The van der Waals surface area contributed by atoms with Crippen molar-refractivity contribution in [2.75, 3.05) is 19.8 Å². The van der Waals surface area contributed by atoms with Gasteiger partial charge in [-0.2, -0.15) is 0 Å². The highest BCUT2D eigenvalue weighted by molar-refractivity contribution is 5.26. The molecule has 112 valence electrons. The van der Waals surface area contributed by atoms with Crippen LogP contribution in [0.5, 0.6) is 0 Å². The molecule has 3 heteroatoms. The Morgan fingerprint density at radius 3 is 2.25 bits per heavy atom. The van der Waals surface area contributed by atoms with Crippen molar-refractivity contribution in [3.8, 4) is 0 Å². The maximum Gasteiger partial charge on any atom is 0.169 e. The van der Waals surface area contributed by atoms with Crippen molar-refractivity contribution in [1.82, 2.24) is 5.32 Å². The topological polar surface area (TPSA) is 30.5 Å². The first-order valence-electron chi connectivity index (χ1n) is 7.76. The van der Waals surface area contributed by atoms with Gasteiger partial charge in [-0.1, -0.05) is 29.8 Å². The first-order chi connectivity index (χ1) is 9.72. The van der Waals surface area contributed by atoms with Crippen molar-refractivity contribution in [3.63, 3.8) is 0 Å². The molecule has 1 fully saturated rings. The molecule has 0 amide bonds. The third-order valence-electron chi connectivity index (χ3n) is 3.97. The van der Waals surface area contributed by atoms with E-state index in [0.29, 0.717) is 25.2 Å². The van der Waals surface area contributed by atoms with Crippen LogP contribution in [0.25, 0.3) is 0 Å². The molecule has 0 saturated heterocycles. The van der Waals surface area contributed by atoms with Crippen molar-refractivity contribution >= 4 is 0 Å². The molecule has 2 rings (SSSR count). The Morgan fingerprint density at radius 2 is 1.70 bits per heavy atom. The largest absolute Gasteiger partial charge is 0.352 e. The zero-order valence-corrected chi connectivity index (χ0v) is 12.9. The second kappa shape index (κ2) is 7.77. The average Bonchev–Trinajstić information content (AvgIpc) is 2.39. The number of nitrogens with one attached hydrogen (secondary N) is 1. The fourth-order valence-electron chi connectivity index (χ4n) is 2.70.